The van der Waals surface area contributed by atoms with Crippen LogP contribution in [-0.2, 0) is 9.53 Å². The molecule has 0 radical (unpaired) electrons. The molecule has 4 heterocycles. The van der Waals surface area contributed by atoms with Gasteiger partial charge in [-0.1, -0.05) is 0 Å². The van der Waals surface area contributed by atoms with Crippen molar-refractivity contribution in [1.82, 2.24) is 19.8 Å². The van der Waals surface area contributed by atoms with Crippen LogP contribution >= 0.6 is 0 Å². The first-order chi connectivity index (χ1) is 11.7. The molecule has 3 aliphatic rings. The van der Waals surface area contributed by atoms with Crippen molar-refractivity contribution in [3.63, 3.8) is 0 Å². The third-order valence-electron chi connectivity index (χ3n) is 5.38. The summed E-state index contributed by atoms with van der Waals surface area (Å²) in [5.41, 5.74) is 1.43. The Labute approximate surface area is 138 Å². The van der Waals surface area contributed by atoms with E-state index in [9.17, 15) is 9.59 Å². The normalized spacial score (nSPS) is 28.5. The molecule has 0 saturated carbocycles. The van der Waals surface area contributed by atoms with E-state index < -0.39 is 5.72 Å². The third kappa shape index (κ3) is 1.70. The zero-order valence-corrected chi connectivity index (χ0v) is 13.0. The third-order valence-corrected chi connectivity index (χ3v) is 5.38. The lowest BCUT2D eigenvalue weighted by Crippen LogP contribution is -2.48. The minimum Gasteiger partial charge on any atom is -0.351 e. The van der Waals surface area contributed by atoms with Gasteiger partial charge in [0.25, 0.3) is 5.91 Å². The second-order valence-corrected chi connectivity index (χ2v) is 6.47. The van der Waals surface area contributed by atoms with Crippen molar-refractivity contribution in [2.75, 3.05) is 19.7 Å². The van der Waals surface area contributed by atoms with Crippen molar-refractivity contribution < 1.29 is 14.3 Å². The van der Waals surface area contributed by atoms with Crippen LogP contribution in [0.1, 0.15) is 23.2 Å². The number of benzene rings is 1. The summed E-state index contributed by atoms with van der Waals surface area (Å²) in [4.78, 5) is 37.3. The van der Waals surface area contributed by atoms with E-state index in [4.69, 9.17) is 4.74 Å². The number of aromatic nitrogens is 2. The maximum absolute atomic E-state index is 13.0. The number of carbonyl (C=O) groups is 2. The van der Waals surface area contributed by atoms with Gasteiger partial charge in [0.2, 0.25) is 5.91 Å². The molecule has 0 N–H and O–H groups in total. The number of amides is 2. The van der Waals surface area contributed by atoms with Crippen LogP contribution < -0.4 is 0 Å². The second-order valence-electron chi connectivity index (χ2n) is 6.47. The van der Waals surface area contributed by atoms with Crippen LogP contribution in [0.3, 0.4) is 0 Å². The summed E-state index contributed by atoms with van der Waals surface area (Å²) in [5.74, 6) is 0.00829. The maximum Gasteiger partial charge on any atom is 0.254 e. The number of nitrogens with zero attached hydrogens (tertiary/aromatic N) is 4. The van der Waals surface area contributed by atoms with Crippen molar-refractivity contribution in [3.05, 3.63) is 36.2 Å². The van der Waals surface area contributed by atoms with Crippen LogP contribution in [0.25, 0.3) is 11.0 Å². The lowest BCUT2D eigenvalue weighted by molar-refractivity contribution is -0.136. The standard InChI is InChI=1S/C17H16N4O3/c22-15-10-14-17(21(15)7-8-24-17)3-6-20(14)16(23)11-1-2-12-13(9-11)19-5-4-18-12/h1-2,4-5,9,14H,3,6-8,10H2/t14-,17+/m1/s1. The predicted molar refractivity (Wildman–Crippen MR) is 84.0 cm³/mol. The average Bonchev–Trinajstić information content (AvgIpc) is 3.25. The average molecular weight is 324 g/mol. The van der Waals surface area contributed by atoms with Crippen LogP contribution in [-0.4, -0.2) is 63.0 Å². The topological polar surface area (TPSA) is 75.6 Å². The summed E-state index contributed by atoms with van der Waals surface area (Å²) < 4.78 is 5.93. The molecule has 7 nitrogen and oxygen atoms in total. The second kappa shape index (κ2) is 4.73. The summed E-state index contributed by atoms with van der Waals surface area (Å²) in [5, 5.41) is 0. The minimum atomic E-state index is -0.594. The zero-order valence-electron chi connectivity index (χ0n) is 13.0. The fraction of sp³-hybridized carbons (Fsp3) is 0.412. The Morgan fingerprint density at radius 1 is 1.21 bits per heavy atom. The van der Waals surface area contributed by atoms with E-state index in [0.717, 1.165) is 5.52 Å². The van der Waals surface area contributed by atoms with E-state index in [2.05, 4.69) is 9.97 Å². The first-order valence-electron chi connectivity index (χ1n) is 8.15. The van der Waals surface area contributed by atoms with Crippen molar-refractivity contribution in [1.29, 1.82) is 0 Å². The Morgan fingerprint density at radius 3 is 2.92 bits per heavy atom. The highest BCUT2D eigenvalue weighted by Gasteiger charge is 2.62. The number of rotatable bonds is 1. The summed E-state index contributed by atoms with van der Waals surface area (Å²) in [6, 6.07) is 5.14. The minimum absolute atomic E-state index is 0.0745. The molecule has 2 amide bonds. The van der Waals surface area contributed by atoms with Gasteiger partial charge in [0.1, 0.15) is 0 Å². The highest BCUT2D eigenvalue weighted by Crippen LogP contribution is 2.45. The summed E-state index contributed by atoms with van der Waals surface area (Å²) >= 11 is 0. The lowest BCUT2D eigenvalue weighted by atomic mass is 10.1. The van der Waals surface area contributed by atoms with E-state index in [1.54, 1.807) is 35.5 Å². The van der Waals surface area contributed by atoms with Gasteiger partial charge in [-0.15, -0.1) is 0 Å². The van der Waals surface area contributed by atoms with Crippen LogP contribution in [0.15, 0.2) is 30.6 Å². The van der Waals surface area contributed by atoms with Crippen LogP contribution in [0.5, 0.6) is 0 Å². The molecular formula is C17H16N4O3. The first-order valence-corrected chi connectivity index (χ1v) is 8.15. The summed E-state index contributed by atoms with van der Waals surface area (Å²) in [6.45, 7) is 1.78. The molecule has 24 heavy (non-hydrogen) atoms. The van der Waals surface area contributed by atoms with Gasteiger partial charge in [0, 0.05) is 37.5 Å². The van der Waals surface area contributed by atoms with Crippen LogP contribution in [0.4, 0.5) is 0 Å². The zero-order chi connectivity index (χ0) is 16.3. The Morgan fingerprint density at radius 2 is 2.04 bits per heavy atom. The number of ether oxygens (including phenoxy) is 1. The number of fused-ring (bicyclic) bond motifs is 1. The van der Waals surface area contributed by atoms with Gasteiger partial charge in [-0.2, -0.15) is 0 Å². The fourth-order valence-corrected chi connectivity index (χ4v) is 4.30. The largest absolute Gasteiger partial charge is 0.351 e. The Bertz CT molecular complexity index is 870. The quantitative estimate of drug-likeness (QED) is 0.776. The number of likely N-dealkylation sites (tertiary alicyclic amines) is 1. The molecule has 1 aromatic heterocycles. The van der Waals surface area contributed by atoms with Gasteiger partial charge in [0.05, 0.1) is 30.1 Å². The molecule has 3 aliphatic heterocycles. The van der Waals surface area contributed by atoms with Gasteiger partial charge in [-0.25, -0.2) is 0 Å². The van der Waals surface area contributed by atoms with Gasteiger partial charge >= 0.3 is 0 Å². The Hall–Kier alpha value is -2.54. The highest BCUT2D eigenvalue weighted by molar-refractivity contribution is 5.98. The van der Waals surface area contributed by atoms with Crippen molar-refractivity contribution >= 4 is 22.8 Å². The van der Waals surface area contributed by atoms with Gasteiger partial charge in [-0.3, -0.25) is 19.6 Å². The molecule has 7 heteroatoms. The molecule has 5 rings (SSSR count). The molecule has 0 bridgehead atoms. The molecule has 0 aliphatic carbocycles. The molecule has 1 aromatic carbocycles. The monoisotopic (exact) mass is 324 g/mol. The van der Waals surface area contributed by atoms with E-state index in [-0.39, 0.29) is 17.9 Å². The van der Waals surface area contributed by atoms with Gasteiger partial charge in [0.15, 0.2) is 5.72 Å². The SMILES string of the molecule is O=C(c1ccc2nccnc2c1)N1CC[C@@]23OCCN2C(=O)C[C@@H]13. The van der Waals surface area contributed by atoms with Crippen LogP contribution in [0, 0.1) is 0 Å². The molecular weight excluding hydrogens is 308 g/mol. The maximum atomic E-state index is 13.0. The fourth-order valence-electron chi connectivity index (χ4n) is 4.30. The van der Waals surface area contributed by atoms with Gasteiger partial charge in [-0.05, 0) is 18.2 Å². The molecule has 2 atom stereocenters. The highest BCUT2D eigenvalue weighted by atomic mass is 16.5. The van der Waals surface area contributed by atoms with Crippen molar-refractivity contribution in [2.45, 2.75) is 24.6 Å². The van der Waals surface area contributed by atoms with E-state index in [0.29, 0.717) is 43.6 Å². The molecule has 3 saturated heterocycles. The number of carbonyl (C=O) groups excluding carboxylic acids is 2. The summed E-state index contributed by atoms with van der Waals surface area (Å²) in [6.07, 6.45) is 4.27. The smallest absolute Gasteiger partial charge is 0.254 e. The van der Waals surface area contributed by atoms with E-state index in [1.807, 2.05) is 4.90 Å². The van der Waals surface area contributed by atoms with Crippen LogP contribution in [0.2, 0.25) is 0 Å². The van der Waals surface area contributed by atoms with E-state index >= 15 is 0 Å². The molecule has 122 valence electrons. The van der Waals surface area contributed by atoms with Gasteiger partial charge < -0.3 is 14.5 Å². The Kier molecular flexibility index (Phi) is 2.73. The lowest BCUT2D eigenvalue weighted by Gasteiger charge is -2.31. The molecule has 2 aromatic rings. The predicted octanol–water partition coefficient (Wildman–Crippen LogP) is 0.803. The molecule has 0 unspecified atom stereocenters. The first kappa shape index (κ1) is 13.9. The van der Waals surface area contributed by atoms with E-state index in [1.165, 1.54) is 0 Å². The number of hydrogen-bond acceptors (Lipinski definition) is 5. The molecule has 3 fully saturated rings. The van der Waals surface area contributed by atoms with Crippen molar-refractivity contribution in [2.24, 2.45) is 0 Å². The molecule has 1 spiro atoms. The van der Waals surface area contributed by atoms with Crippen molar-refractivity contribution in [3.8, 4) is 0 Å². The number of hydrogen-bond donors (Lipinski definition) is 0. The Balaban J connectivity index is 1.50. The summed E-state index contributed by atoms with van der Waals surface area (Å²) in [7, 11) is 0.